The number of rotatable bonds is 5. The van der Waals surface area contributed by atoms with E-state index in [0.717, 1.165) is 17.7 Å². The number of benzene rings is 2. The van der Waals surface area contributed by atoms with Gasteiger partial charge in [0.25, 0.3) is 17.5 Å². The largest absolute Gasteiger partial charge is 0.375 e. The highest BCUT2D eigenvalue weighted by molar-refractivity contribution is 6.05. The Kier molecular flexibility index (Phi) is 4.94. The lowest BCUT2D eigenvalue weighted by Crippen LogP contribution is -2.32. The topological polar surface area (TPSA) is 102 Å². The molecule has 0 aliphatic carbocycles. The van der Waals surface area contributed by atoms with E-state index >= 15 is 0 Å². The average molecular weight is 355 g/mol. The lowest BCUT2D eigenvalue weighted by Gasteiger charge is -2.17. The number of anilines is 2. The molecule has 2 amide bonds. The van der Waals surface area contributed by atoms with Crippen LogP contribution in [0.1, 0.15) is 15.9 Å². The molecule has 1 aliphatic rings. The van der Waals surface area contributed by atoms with Gasteiger partial charge in [0.2, 0.25) is 0 Å². The van der Waals surface area contributed by atoms with Crippen LogP contribution in [0.2, 0.25) is 0 Å². The zero-order chi connectivity index (χ0) is 18.7. The number of carbonyl (C=O) groups excluding carboxylic acids is 2. The van der Waals surface area contributed by atoms with Crippen LogP contribution in [0.5, 0.6) is 0 Å². The Morgan fingerprint density at radius 3 is 2.62 bits per heavy atom. The summed E-state index contributed by atoms with van der Waals surface area (Å²) in [5.74, 6) is -0.516. The number of hydrogen-bond donors (Lipinski definition) is 1. The molecule has 26 heavy (non-hydrogen) atoms. The Labute approximate surface area is 149 Å². The molecular weight excluding hydrogens is 338 g/mol. The summed E-state index contributed by atoms with van der Waals surface area (Å²) in [7, 11) is 1.47. The van der Waals surface area contributed by atoms with Gasteiger partial charge in [-0.15, -0.1) is 0 Å². The maximum Gasteiger partial charge on any atom is 0.269 e. The summed E-state index contributed by atoms with van der Waals surface area (Å²) in [6, 6.07) is 10.8. The summed E-state index contributed by atoms with van der Waals surface area (Å²) < 4.78 is 4.90. The Hall–Kier alpha value is -3.26. The molecule has 0 bridgehead atoms. The number of nitro benzene ring substituents is 1. The maximum atomic E-state index is 12.3. The van der Waals surface area contributed by atoms with Crippen molar-refractivity contribution in [3.05, 3.63) is 63.7 Å². The van der Waals surface area contributed by atoms with Crippen LogP contribution in [0.15, 0.2) is 42.5 Å². The van der Waals surface area contributed by atoms with Crippen LogP contribution in [-0.4, -0.2) is 37.0 Å². The van der Waals surface area contributed by atoms with Gasteiger partial charge < -0.3 is 15.0 Å². The van der Waals surface area contributed by atoms with E-state index in [9.17, 15) is 19.7 Å². The molecule has 2 aromatic carbocycles. The summed E-state index contributed by atoms with van der Waals surface area (Å²) in [5.41, 5.74) is 2.57. The Balaban J connectivity index is 1.76. The second-order valence-electron chi connectivity index (χ2n) is 5.83. The summed E-state index contributed by atoms with van der Waals surface area (Å²) in [6.07, 6.45) is 0.751. The predicted octanol–water partition coefficient (Wildman–Crippen LogP) is 2.38. The summed E-state index contributed by atoms with van der Waals surface area (Å²) >= 11 is 0. The molecule has 0 aromatic heterocycles. The fourth-order valence-electron chi connectivity index (χ4n) is 2.86. The van der Waals surface area contributed by atoms with Crippen molar-refractivity contribution in [2.45, 2.75) is 6.42 Å². The van der Waals surface area contributed by atoms with Gasteiger partial charge in [0.05, 0.1) is 4.92 Å². The fourth-order valence-corrected chi connectivity index (χ4v) is 2.86. The monoisotopic (exact) mass is 355 g/mol. The van der Waals surface area contributed by atoms with Crippen LogP contribution in [0, 0.1) is 10.1 Å². The van der Waals surface area contributed by atoms with E-state index in [2.05, 4.69) is 5.32 Å². The molecule has 134 valence electrons. The first-order valence-corrected chi connectivity index (χ1v) is 7.97. The molecular formula is C18H17N3O5. The lowest BCUT2D eigenvalue weighted by molar-refractivity contribution is -0.384. The van der Waals surface area contributed by atoms with Gasteiger partial charge in [-0.25, -0.2) is 0 Å². The number of ether oxygens (including phenoxy) is 1. The van der Waals surface area contributed by atoms with Crippen LogP contribution in [0.25, 0.3) is 0 Å². The van der Waals surface area contributed by atoms with Crippen LogP contribution in [-0.2, 0) is 16.0 Å². The molecule has 0 radical (unpaired) electrons. The molecule has 0 fully saturated rings. The van der Waals surface area contributed by atoms with Crippen molar-refractivity contribution in [2.24, 2.45) is 0 Å². The number of hydrogen-bond acceptors (Lipinski definition) is 5. The van der Waals surface area contributed by atoms with Gasteiger partial charge in [-0.3, -0.25) is 19.7 Å². The smallest absolute Gasteiger partial charge is 0.269 e. The molecule has 2 aromatic rings. The molecule has 1 heterocycles. The first kappa shape index (κ1) is 17.6. The third-order valence-corrected chi connectivity index (χ3v) is 4.15. The Bertz CT molecular complexity index is 864. The van der Waals surface area contributed by atoms with Gasteiger partial charge in [-0.1, -0.05) is 6.07 Å². The normalized spacial score (nSPS) is 12.6. The van der Waals surface area contributed by atoms with E-state index < -0.39 is 4.92 Å². The van der Waals surface area contributed by atoms with Gasteiger partial charge in [-0.05, 0) is 36.2 Å². The molecule has 3 rings (SSSR count). The SMILES string of the molecule is COCC(=O)N1CCc2ccc(NC(=O)c3ccc([N+](=O)[O-])cc3)cc21. The van der Waals surface area contributed by atoms with Crippen LogP contribution in [0.3, 0.4) is 0 Å². The molecule has 8 heteroatoms. The minimum atomic E-state index is -0.520. The van der Waals surface area contributed by atoms with E-state index in [0.29, 0.717) is 17.8 Å². The minimum absolute atomic E-state index is 0.00117. The van der Waals surface area contributed by atoms with Crippen LogP contribution >= 0.6 is 0 Å². The second-order valence-corrected chi connectivity index (χ2v) is 5.83. The molecule has 0 atom stereocenters. The Morgan fingerprint density at radius 2 is 1.96 bits per heavy atom. The number of non-ortho nitro benzene ring substituents is 1. The molecule has 0 saturated carbocycles. The highest BCUT2D eigenvalue weighted by atomic mass is 16.6. The number of nitro groups is 1. The number of nitrogens with zero attached hydrogens (tertiary/aromatic N) is 2. The molecule has 8 nitrogen and oxygen atoms in total. The number of amides is 2. The predicted molar refractivity (Wildman–Crippen MR) is 95.4 cm³/mol. The highest BCUT2D eigenvalue weighted by Gasteiger charge is 2.25. The lowest BCUT2D eigenvalue weighted by atomic mass is 10.1. The van der Waals surface area contributed by atoms with E-state index in [1.165, 1.54) is 31.4 Å². The summed E-state index contributed by atoms with van der Waals surface area (Å²) in [5, 5.41) is 13.4. The molecule has 0 saturated heterocycles. The first-order valence-electron chi connectivity index (χ1n) is 7.97. The van der Waals surface area contributed by atoms with Crippen molar-refractivity contribution in [3.63, 3.8) is 0 Å². The van der Waals surface area contributed by atoms with Crippen molar-refractivity contribution in [2.75, 3.05) is 30.5 Å². The molecule has 0 unspecified atom stereocenters. The Morgan fingerprint density at radius 1 is 1.23 bits per heavy atom. The third-order valence-electron chi connectivity index (χ3n) is 4.15. The fraction of sp³-hybridized carbons (Fsp3) is 0.222. The quantitative estimate of drug-likeness (QED) is 0.655. The number of fused-ring (bicyclic) bond motifs is 1. The summed E-state index contributed by atoms with van der Waals surface area (Å²) in [4.78, 5) is 36.2. The first-order chi connectivity index (χ1) is 12.5. The van der Waals surface area contributed by atoms with Gasteiger partial charge in [0.15, 0.2) is 0 Å². The molecule has 0 spiro atoms. The van der Waals surface area contributed by atoms with Gasteiger partial charge in [0.1, 0.15) is 6.61 Å². The zero-order valence-electron chi connectivity index (χ0n) is 14.1. The van der Waals surface area contributed by atoms with Gasteiger partial charge >= 0.3 is 0 Å². The van der Waals surface area contributed by atoms with Crippen molar-refractivity contribution < 1.29 is 19.2 Å². The third kappa shape index (κ3) is 3.55. The minimum Gasteiger partial charge on any atom is -0.375 e. The standard InChI is InChI=1S/C18H17N3O5/c1-26-11-17(22)20-9-8-12-2-5-14(10-16(12)20)19-18(23)13-3-6-15(7-4-13)21(24)25/h2-7,10H,8-9,11H2,1H3,(H,19,23). The van der Waals surface area contributed by atoms with Crippen molar-refractivity contribution in [1.29, 1.82) is 0 Å². The number of methoxy groups -OCH3 is 1. The highest BCUT2D eigenvalue weighted by Crippen LogP contribution is 2.31. The molecule has 1 aliphatic heterocycles. The van der Waals surface area contributed by atoms with Crippen molar-refractivity contribution in [1.82, 2.24) is 0 Å². The van der Waals surface area contributed by atoms with E-state index in [-0.39, 0.29) is 24.1 Å². The van der Waals surface area contributed by atoms with Crippen molar-refractivity contribution >= 4 is 28.9 Å². The van der Waals surface area contributed by atoms with Gasteiger partial charge in [-0.2, -0.15) is 0 Å². The van der Waals surface area contributed by atoms with E-state index in [1.807, 2.05) is 6.07 Å². The maximum absolute atomic E-state index is 12.3. The van der Waals surface area contributed by atoms with Crippen LogP contribution < -0.4 is 10.2 Å². The number of carbonyl (C=O) groups is 2. The average Bonchev–Trinajstić information content (AvgIpc) is 3.05. The van der Waals surface area contributed by atoms with Crippen molar-refractivity contribution in [3.8, 4) is 0 Å². The molecule has 1 N–H and O–H groups in total. The van der Waals surface area contributed by atoms with Gasteiger partial charge in [0, 0.05) is 42.7 Å². The second kappa shape index (κ2) is 7.32. The van der Waals surface area contributed by atoms with E-state index in [1.54, 1.807) is 17.0 Å². The summed E-state index contributed by atoms with van der Waals surface area (Å²) in [6.45, 7) is 0.579. The van der Waals surface area contributed by atoms with E-state index in [4.69, 9.17) is 4.74 Å². The van der Waals surface area contributed by atoms with Crippen LogP contribution in [0.4, 0.5) is 17.1 Å². The number of nitrogens with one attached hydrogen (secondary N) is 1. The zero-order valence-corrected chi connectivity index (χ0v) is 14.1.